The molecule has 0 unspecified atom stereocenters. The predicted octanol–water partition coefficient (Wildman–Crippen LogP) is 2.26. The number of ether oxygens (including phenoxy) is 1. The first-order valence-electron chi connectivity index (χ1n) is 10.7. The lowest BCUT2D eigenvalue weighted by atomic mass is 10.1. The molecule has 0 aliphatic rings. The third kappa shape index (κ3) is 4.91. The lowest BCUT2D eigenvalue weighted by molar-refractivity contribution is 0.0995. The summed E-state index contributed by atoms with van der Waals surface area (Å²) in [7, 11) is 4.00. The molecular weight excluding hydrogens is 410 g/mol. The van der Waals surface area contributed by atoms with Crippen LogP contribution in [0.2, 0.25) is 0 Å². The first kappa shape index (κ1) is 23.3. The van der Waals surface area contributed by atoms with Crippen LogP contribution >= 0.6 is 0 Å². The van der Waals surface area contributed by atoms with E-state index in [9.17, 15) is 9.59 Å². The maximum atomic E-state index is 13.0. The number of primary amides is 1. The van der Waals surface area contributed by atoms with Crippen molar-refractivity contribution in [3.63, 3.8) is 0 Å². The van der Waals surface area contributed by atoms with Crippen LogP contribution in [-0.2, 0) is 13.1 Å². The van der Waals surface area contributed by atoms with E-state index in [2.05, 4.69) is 20.3 Å². The van der Waals surface area contributed by atoms with Crippen molar-refractivity contribution in [1.29, 1.82) is 0 Å². The normalized spacial score (nSPS) is 11.3. The number of amides is 2. The van der Waals surface area contributed by atoms with Crippen molar-refractivity contribution < 1.29 is 14.3 Å². The number of hydrogen-bond donors (Lipinski definition) is 2. The topological polar surface area (TPSA) is 120 Å². The van der Waals surface area contributed by atoms with Crippen LogP contribution in [0.25, 0.3) is 11.0 Å². The molecule has 0 aliphatic carbocycles. The second kappa shape index (κ2) is 9.82. The Bertz CT molecular complexity index is 1130. The molecule has 3 rings (SSSR count). The molecule has 3 aromatic rings. The first-order valence-corrected chi connectivity index (χ1v) is 10.7. The van der Waals surface area contributed by atoms with Crippen LogP contribution in [0.1, 0.15) is 46.8 Å². The van der Waals surface area contributed by atoms with Crippen LogP contribution in [0.4, 0.5) is 5.95 Å². The molecule has 2 heterocycles. The van der Waals surface area contributed by atoms with Gasteiger partial charge in [-0.2, -0.15) is 5.10 Å². The molecule has 172 valence electrons. The van der Waals surface area contributed by atoms with Gasteiger partial charge in [0.15, 0.2) is 0 Å². The maximum Gasteiger partial charge on any atom is 0.276 e. The highest BCUT2D eigenvalue weighted by atomic mass is 16.5. The number of nitrogens with zero attached hydrogens (tertiary/aromatic N) is 5. The predicted molar refractivity (Wildman–Crippen MR) is 123 cm³/mol. The van der Waals surface area contributed by atoms with E-state index in [4.69, 9.17) is 10.5 Å². The van der Waals surface area contributed by atoms with Gasteiger partial charge in [0.1, 0.15) is 17.0 Å². The Morgan fingerprint density at radius 3 is 2.56 bits per heavy atom. The van der Waals surface area contributed by atoms with Crippen molar-refractivity contribution in [1.82, 2.24) is 24.2 Å². The van der Waals surface area contributed by atoms with E-state index < -0.39 is 5.91 Å². The summed E-state index contributed by atoms with van der Waals surface area (Å²) in [5, 5.41) is 7.22. The average molecular weight is 442 g/mol. The number of fused-ring (bicyclic) bond motifs is 1. The van der Waals surface area contributed by atoms with Crippen LogP contribution in [0.3, 0.4) is 0 Å². The van der Waals surface area contributed by atoms with Crippen molar-refractivity contribution in [3.05, 3.63) is 35.2 Å². The molecule has 0 bridgehead atoms. The molecule has 0 saturated heterocycles. The summed E-state index contributed by atoms with van der Waals surface area (Å²) in [6.07, 6.45) is 0.819. The summed E-state index contributed by atoms with van der Waals surface area (Å²) in [6, 6.07) is 4.99. The summed E-state index contributed by atoms with van der Waals surface area (Å²) < 4.78 is 9.53. The highest BCUT2D eigenvalue weighted by Gasteiger charge is 2.21. The lowest BCUT2D eigenvalue weighted by Gasteiger charge is -2.13. The quantitative estimate of drug-likeness (QED) is 0.466. The molecule has 2 amide bonds. The molecule has 10 heteroatoms. The number of nitrogens with two attached hydrogens (primary N) is 1. The Morgan fingerprint density at radius 1 is 1.19 bits per heavy atom. The SMILES string of the molecule is CCn1nc(C)cc1C(=O)Nc1nc2cc(C(N)=O)cc(OCCCN(C)C)c2n1CC. The number of rotatable bonds is 10. The van der Waals surface area contributed by atoms with E-state index in [0.717, 1.165) is 18.7 Å². The number of carbonyl (C=O) groups excluding carboxylic acids is 2. The summed E-state index contributed by atoms with van der Waals surface area (Å²) in [5.41, 5.74) is 8.28. The zero-order chi connectivity index (χ0) is 23.4. The van der Waals surface area contributed by atoms with Gasteiger partial charge in [-0.15, -0.1) is 0 Å². The van der Waals surface area contributed by atoms with Crippen molar-refractivity contribution in [2.75, 3.05) is 32.6 Å². The Morgan fingerprint density at radius 2 is 1.94 bits per heavy atom. The smallest absolute Gasteiger partial charge is 0.276 e. The molecule has 2 aromatic heterocycles. The van der Waals surface area contributed by atoms with Crippen molar-refractivity contribution in [3.8, 4) is 5.75 Å². The van der Waals surface area contributed by atoms with Crippen LogP contribution < -0.4 is 15.8 Å². The fraction of sp³-hybridized carbons (Fsp3) is 0.455. The largest absolute Gasteiger partial charge is 0.491 e. The minimum absolute atomic E-state index is 0.304. The second-order valence-corrected chi connectivity index (χ2v) is 7.83. The van der Waals surface area contributed by atoms with Crippen LogP contribution in [0.15, 0.2) is 18.2 Å². The minimum atomic E-state index is -0.566. The molecule has 0 saturated carbocycles. The molecule has 0 fully saturated rings. The molecule has 3 N–H and O–H groups in total. The number of anilines is 1. The number of benzene rings is 1. The van der Waals surface area contributed by atoms with Gasteiger partial charge in [-0.1, -0.05) is 0 Å². The number of hydrogen-bond acceptors (Lipinski definition) is 6. The van der Waals surface area contributed by atoms with Crippen LogP contribution in [0.5, 0.6) is 5.75 Å². The molecule has 1 aromatic carbocycles. The van der Waals surface area contributed by atoms with E-state index in [-0.39, 0.29) is 5.91 Å². The van der Waals surface area contributed by atoms with Crippen molar-refractivity contribution in [2.24, 2.45) is 5.73 Å². The molecule has 10 nitrogen and oxygen atoms in total. The number of aromatic nitrogens is 4. The summed E-state index contributed by atoms with van der Waals surface area (Å²) in [5.74, 6) is 0.0122. The number of carbonyl (C=O) groups is 2. The number of imidazole rings is 1. The zero-order valence-corrected chi connectivity index (χ0v) is 19.3. The van der Waals surface area contributed by atoms with E-state index in [1.807, 2.05) is 39.4 Å². The third-order valence-electron chi connectivity index (χ3n) is 5.07. The standard InChI is InChI=1S/C22H31N7O3/c1-6-28-19-16(12-15(20(23)30)13-18(19)32-10-8-9-27(4)5)24-22(28)25-21(31)17-11-14(3)26-29(17)7-2/h11-13H,6-10H2,1-5H3,(H2,23,30)(H,24,25,31). The number of aryl methyl sites for hydroxylation is 3. The Labute approximate surface area is 187 Å². The summed E-state index contributed by atoms with van der Waals surface area (Å²) in [6.45, 7) is 8.19. The molecule has 0 atom stereocenters. The van der Waals surface area contributed by atoms with Gasteiger partial charge >= 0.3 is 0 Å². The monoisotopic (exact) mass is 441 g/mol. The highest BCUT2D eigenvalue weighted by molar-refractivity contribution is 6.04. The van der Waals surface area contributed by atoms with Crippen LogP contribution in [0, 0.1) is 6.92 Å². The minimum Gasteiger partial charge on any atom is -0.491 e. The molecule has 0 radical (unpaired) electrons. The fourth-order valence-electron chi connectivity index (χ4n) is 3.58. The third-order valence-corrected chi connectivity index (χ3v) is 5.07. The van der Waals surface area contributed by atoms with Gasteiger partial charge in [-0.25, -0.2) is 4.98 Å². The second-order valence-electron chi connectivity index (χ2n) is 7.83. The van der Waals surface area contributed by atoms with Gasteiger partial charge in [0.25, 0.3) is 5.91 Å². The Balaban J connectivity index is 1.99. The van der Waals surface area contributed by atoms with Crippen molar-refractivity contribution in [2.45, 2.75) is 40.3 Å². The van der Waals surface area contributed by atoms with E-state index >= 15 is 0 Å². The van der Waals surface area contributed by atoms with Crippen molar-refractivity contribution >= 4 is 28.8 Å². The highest BCUT2D eigenvalue weighted by Crippen LogP contribution is 2.31. The summed E-state index contributed by atoms with van der Waals surface area (Å²) in [4.78, 5) is 31.5. The van der Waals surface area contributed by atoms with E-state index in [0.29, 0.717) is 53.7 Å². The van der Waals surface area contributed by atoms with Gasteiger partial charge in [-0.3, -0.25) is 19.6 Å². The van der Waals surface area contributed by atoms with E-state index in [1.165, 1.54) is 0 Å². The average Bonchev–Trinajstić information content (AvgIpc) is 3.30. The fourth-order valence-corrected chi connectivity index (χ4v) is 3.58. The van der Waals surface area contributed by atoms with E-state index in [1.54, 1.807) is 22.9 Å². The molecule has 0 aliphatic heterocycles. The molecule has 32 heavy (non-hydrogen) atoms. The number of nitrogens with one attached hydrogen (secondary N) is 1. The maximum absolute atomic E-state index is 13.0. The van der Waals surface area contributed by atoms with Crippen LogP contribution in [-0.4, -0.2) is 63.3 Å². The molecular formula is C22H31N7O3. The van der Waals surface area contributed by atoms with Gasteiger partial charge in [0.05, 0.1) is 17.8 Å². The Kier molecular flexibility index (Phi) is 7.14. The van der Waals surface area contributed by atoms with Gasteiger partial charge < -0.3 is 19.9 Å². The Hall–Kier alpha value is -3.40. The lowest BCUT2D eigenvalue weighted by Crippen LogP contribution is -2.19. The molecule has 0 spiro atoms. The summed E-state index contributed by atoms with van der Waals surface area (Å²) >= 11 is 0. The zero-order valence-electron chi connectivity index (χ0n) is 19.3. The van der Waals surface area contributed by atoms with Gasteiger partial charge in [0.2, 0.25) is 11.9 Å². The first-order chi connectivity index (χ1) is 15.2. The van der Waals surface area contributed by atoms with Gasteiger partial charge in [-0.05, 0) is 59.5 Å². The van der Waals surface area contributed by atoms with Gasteiger partial charge in [0, 0.05) is 25.2 Å².